The molecule has 2 aromatic carbocycles. The molecule has 1 aromatic heterocycles. The van der Waals surface area contributed by atoms with E-state index in [0.29, 0.717) is 16.9 Å². The number of aryl methyl sites for hydroxylation is 1. The number of carbonyl (C=O) groups excluding carboxylic acids is 1. The molecule has 34 heavy (non-hydrogen) atoms. The fourth-order valence-electron chi connectivity index (χ4n) is 4.18. The van der Waals surface area contributed by atoms with Crippen LogP contribution in [0.5, 0.6) is 0 Å². The van der Waals surface area contributed by atoms with Gasteiger partial charge in [0.1, 0.15) is 0 Å². The van der Waals surface area contributed by atoms with Crippen molar-refractivity contribution in [2.45, 2.75) is 37.5 Å². The topological polar surface area (TPSA) is 75.5 Å². The molecule has 3 aromatic rings. The van der Waals surface area contributed by atoms with Gasteiger partial charge in [-0.25, -0.2) is 8.42 Å². The number of para-hydroxylation sites is 1. The first kappa shape index (κ1) is 24.0. The van der Waals surface area contributed by atoms with E-state index in [2.05, 4.69) is 5.10 Å². The Balaban J connectivity index is 1.69. The minimum atomic E-state index is -4.80. The Bertz CT molecular complexity index is 1320. The van der Waals surface area contributed by atoms with Gasteiger partial charge in [0.25, 0.3) is 0 Å². The maximum Gasteiger partial charge on any atom is 0.417 e. The van der Waals surface area contributed by atoms with Gasteiger partial charge in [-0.2, -0.15) is 22.6 Å². The monoisotopic (exact) mass is 492 g/mol. The Kier molecular flexibility index (Phi) is 6.26. The molecule has 0 unspecified atom stereocenters. The lowest BCUT2D eigenvalue weighted by molar-refractivity contribution is -0.140. The summed E-state index contributed by atoms with van der Waals surface area (Å²) in [6.45, 7) is 1.42. The summed E-state index contributed by atoms with van der Waals surface area (Å²) in [6.07, 6.45) is -4.51. The highest BCUT2D eigenvalue weighted by Crippen LogP contribution is 2.36. The van der Waals surface area contributed by atoms with Gasteiger partial charge in [-0.05, 0) is 24.3 Å². The van der Waals surface area contributed by atoms with E-state index in [1.807, 2.05) is 6.07 Å². The molecule has 1 aliphatic rings. The number of anilines is 1. The zero-order chi connectivity index (χ0) is 24.7. The first-order valence-corrected chi connectivity index (χ1v) is 12.0. The van der Waals surface area contributed by atoms with Crippen molar-refractivity contribution in [3.8, 4) is 0 Å². The van der Waals surface area contributed by atoms with Gasteiger partial charge >= 0.3 is 6.18 Å². The molecule has 1 amide bonds. The normalized spacial score (nSPS) is 14.6. The van der Waals surface area contributed by atoms with E-state index in [1.54, 1.807) is 36.0 Å². The number of sulfonamides is 1. The van der Waals surface area contributed by atoms with E-state index < -0.39 is 26.7 Å². The van der Waals surface area contributed by atoms with Crippen LogP contribution in [0.25, 0.3) is 0 Å². The van der Waals surface area contributed by atoms with Gasteiger partial charge in [-0.3, -0.25) is 9.48 Å². The van der Waals surface area contributed by atoms with Crippen LogP contribution < -0.4 is 4.90 Å². The van der Waals surface area contributed by atoms with E-state index in [9.17, 15) is 26.4 Å². The minimum Gasteiger partial charge on any atom is -0.307 e. The number of benzene rings is 2. The number of hydrogen-bond acceptors (Lipinski definition) is 4. The number of alkyl halides is 3. The molecule has 0 saturated carbocycles. The maximum atomic E-state index is 13.5. The molecule has 2 heterocycles. The van der Waals surface area contributed by atoms with Gasteiger partial charge in [0, 0.05) is 50.4 Å². The van der Waals surface area contributed by atoms with Gasteiger partial charge in [0.2, 0.25) is 15.9 Å². The Labute approximate surface area is 195 Å². The lowest BCUT2D eigenvalue weighted by Crippen LogP contribution is -2.37. The second-order valence-electron chi connectivity index (χ2n) is 8.02. The van der Waals surface area contributed by atoms with Crippen LogP contribution in [0.15, 0.2) is 59.5 Å². The predicted octanol–water partition coefficient (Wildman–Crippen LogP) is 3.74. The van der Waals surface area contributed by atoms with Gasteiger partial charge in [0.05, 0.1) is 22.7 Å². The van der Waals surface area contributed by atoms with Crippen molar-refractivity contribution in [3.05, 3.63) is 77.1 Å². The number of rotatable bonds is 5. The molecule has 0 atom stereocenters. The highest BCUT2D eigenvalue weighted by molar-refractivity contribution is 7.89. The van der Waals surface area contributed by atoms with Crippen LogP contribution in [0.2, 0.25) is 0 Å². The van der Waals surface area contributed by atoms with Crippen molar-refractivity contribution in [1.82, 2.24) is 14.1 Å². The third-order valence-corrected chi connectivity index (χ3v) is 7.76. The highest BCUT2D eigenvalue weighted by atomic mass is 32.2. The predicted molar refractivity (Wildman–Crippen MR) is 119 cm³/mol. The van der Waals surface area contributed by atoms with E-state index in [-0.39, 0.29) is 32.0 Å². The lowest BCUT2D eigenvalue weighted by atomic mass is 10.1. The molecule has 0 aliphatic carbocycles. The average molecular weight is 493 g/mol. The summed E-state index contributed by atoms with van der Waals surface area (Å²) >= 11 is 0. The quantitative estimate of drug-likeness (QED) is 0.544. The summed E-state index contributed by atoms with van der Waals surface area (Å²) in [5, 5.41) is 4.51. The molecule has 11 heteroatoms. The van der Waals surface area contributed by atoms with E-state index in [1.165, 1.54) is 17.9 Å². The molecule has 0 N–H and O–H groups in total. The van der Waals surface area contributed by atoms with Gasteiger partial charge in [-0.15, -0.1) is 0 Å². The summed E-state index contributed by atoms with van der Waals surface area (Å²) in [5.41, 5.74) is 1.36. The standard InChI is InChI=1S/C23H23F3N4O3S/c1-16(31)30(17-8-4-3-5-9-17)15-20-18-14-29(13-12-21(18)28(2)27-20)34(32,33)22-11-7-6-10-19(22)23(24,25)26/h3-11H,12-15H2,1-2H3. The number of halogens is 3. The second-order valence-corrected chi connectivity index (χ2v) is 9.93. The van der Waals surface area contributed by atoms with Crippen molar-refractivity contribution in [2.75, 3.05) is 11.4 Å². The largest absolute Gasteiger partial charge is 0.417 e. The van der Waals surface area contributed by atoms with Crippen LogP contribution >= 0.6 is 0 Å². The smallest absolute Gasteiger partial charge is 0.307 e. The Morgan fingerprint density at radius 3 is 2.38 bits per heavy atom. The zero-order valence-corrected chi connectivity index (χ0v) is 19.4. The van der Waals surface area contributed by atoms with Crippen LogP contribution in [0.1, 0.15) is 29.4 Å². The first-order chi connectivity index (χ1) is 16.0. The van der Waals surface area contributed by atoms with E-state index >= 15 is 0 Å². The molecule has 0 bridgehead atoms. The number of carbonyl (C=O) groups is 1. The van der Waals surface area contributed by atoms with Crippen molar-refractivity contribution in [2.24, 2.45) is 7.05 Å². The SMILES string of the molecule is CC(=O)N(Cc1nn(C)c2c1CN(S(=O)(=O)c1ccccc1C(F)(F)F)CC2)c1ccccc1. The summed E-state index contributed by atoms with van der Waals surface area (Å²) in [7, 11) is -2.70. The molecule has 7 nitrogen and oxygen atoms in total. The number of aromatic nitrogens is 2. The van der Waals surface area contributed by atoms with Gasteiger partial charge < -0.3 is 4.90 Å². The van der Waals surface area contributed by atoms with Crippen LogP contribution in [0.3, 0.4) is 0 Å². The van der Waals surface area contributed by atoms with Gasteiger partial charge in [-0.1, -0.05) is 30.3 Å². The number of nitrogens with zero attached hydrogens (tertiary/aromatic N) is 4. The van der Waals surface area contributed by atoms with Crippen LogP contribution in [0.4, 0.5) is 18.9 Å². The molecule has 4 rings (SSSR count). The fourth-order valence-corrected chi connectivity index (χ4v) is 5.81. The van der Waals surface area contributed by atoms with Gasteiger partial charge in [0.15, 0.2) is 0 Å². The molecule has 0 fully saturated rings. The molecule has 0 spiro atoms. The van der Waals surface area contributed by atoms with Crippen LogP contribution in [0, 0.1) is 0 Å². The molecule has 0 saturated heterocycles. The third-order valence-electron chi connectivity index (χ3n) is 5.86. The maximum absolute atomic E-state index is 13.5. The molecular formula is C23H23F3N4O3S. The van der Waals surface area contributed by atoms with Crippen LogP contribution in [-0.4, -0.2) is 35.0 Å². The Morgan fingerprint density at radius 1 is 1.09 bits per heavy atom. The Morgan fingerprint density at radius 2 is 1.74 bits per heavy atom. The average Bonchev–Trinajstić information content (AvgIpc) is 3.12. The van der Waals surface area contributed by atoms with E-state index in [0.717, 1.165) is 28.2 Å². The molecule has 180 valence electrons. The summed E-state index contributed by atoms with van der Waals surface area (Å²) in [5.74, 6) is -0.218. The van der Waals surface area contributed by atoms with Crippen LogP contribution in [-0.2, 0) is 47.6 Å². The fraction of sp³-hybridized carbons (Fsp3) is 0.304. The number of amides is 1. The highest BCUT2D eigenvalue weighted by Gasteiger charge is 2.40. The number of hydrogen-bond donors (Lipinski definition) is 0. The van der Waals surface area contributed by atoms with Crippen molar-refractivity contribution in [3.63, 3.8) is 0 Å². The number of fused-ring (bicyclic) bond motifs is 1. The van der Waals surface area contributed by atoms with E-state index in [4.69, 9.17) is 0 Å². The van der Waals surface area contributed by atoms with Crippen molar-refractivity contribution >= 4 is 21.6 Å². The molecule has 0 radical (unpaired) electrons. The van der Waals surface area contributed by atoms with Crippen molar-refractivity contribution < 1.29 is 26.4 Å². The Hall–Kier alpha value is -3.18. The first-order valence-electron chi connectivity index (χ1n) is 10.5. The second kappa shape index (κ2) is 8.88. The lowest BCUT2D eigenvalue weighted by Gasteiger charge is -2.28. The summed E-state index contributed by atoms with van der Waals surface area (Å²) < 4.78 is 69.7. The minimum absolute atomic E-state index is 0.0234. The molecular weight excluding hydrogens is 469 g/mol. The summed E-state index contributed by atoms with van der Waals surface area (Å²) in [6, 6.07) is 13.2. The zero-order valence-electron chi connectivity index (χ0n) is 18.6. The third kappa shape index (κ3) is 4.45. The summed E-state index contributed by atoms with van der Waals surface area (Å²) in [4.78, 5) is 13.1. The molecule has 1 aliphatic heterocycles. The van der Waals surface area contributed by atoms with Crippen molar-refractivity contribution in [1.29, 1.82) is 0 Å².